The van der Waals surface area contributed by atoms with Crippen molar-refractivity contribution in [3.63, 3.8) is 0 Å². The molecular weight excluding hydrogens is 242 g/mol. The first-order valence-corrected chi connectivity index (χ1v) is 6.88. The van der Waals surface area contributed by atoms with E-state index in [1.54, 1.807) is 14.0 Å². The Balaban J connectivity index is 2.25. The highest BCUT2D eigenvalue weighted by Crippen LogP contribution is 2.36. The molecule has 0 spiro atoms. The summed E-state index contributed by atoms with van der Waals surface area (Å²) in [7, 11) is 1.63. The minimum Gasteiger partial charge on any atom is -0.496 e. The maximum atomic E-state index is 10.00. The largest absolute Gasteiger partial charge is 0.496 e. The average Bonchev–Trinajstić information content (AvgIpc) is 2.46. The highest BCUT2D eigenvalue weighted by Gasteiger charge is 2.23. The van der Waals surface area contributed by atoms with E-state index < -0.39 is 6.10 Å². The molecule has 4 nitrogen and oxygen atoms in total. The summed E-state index contributed by atoms with van der Waals surface area (Å²) >= 11 is 0. The van der Waals surface area contributed by atoms with Gasteiger partial charge in [0.1, 0.15) is 5.75 Å². The van der Waals surface area contributed by atoms with Crippen LogP contribution in [0.3, 0.4) is 0 Å². The van der Waals surface area contributed by atoms with E-state index in [9.17, 15) is 10.2 Å². The quantitative estimate of drug-likeness (QED) is 0.874. The van der Waals surface area contributed by atoms with Crippen LogP contribution < -0.4 is 9.64 Å². The Morgan fingerprint density at radius 1 is 1.37 bits per heavy atom. The number of aliphatic hydroxyl groups is 2. The number of rotatable bonds is 4. The summed E-state index contributed by atoms with van der Waals surface area (Å²) in [6, 6.07) is 5.87. The van der Waals surface area contributed by atoms with Crippen molar-refractivity contribution in [1.82, 2.24) is 0 Å². The lowest BCUT2D eigenvalue weighted by molar-refractivity contribution is 0.192. The first-order chi connectivity index (χ1) is 9.17. The summed E-state index contributed by atoms with van der Waals surface area (Å²) < 4.78 is 5.35. The summed E-state index contributed by atoms with van der Waals surface area (Å²) in [5, 5.41) is 19.2. The van der Waals surface area contributed by atoms with Gasteiger partial charge in [0.2, 0.25) is 0 Å². The number of methoxy groups -OCH3 is 1. The van der Waals surface area contributed by atoms with Gasteiger partial charge in [0, 0.05) is 30.9 Å². The Morgan fingerprint density at radius 2 is 2.05 bits per heavy atom. The number of aliphatic hydroxyl groups excluding tert-OH is 2. The third-order valence-corrected chi connectivity index (χ3v) is 3.89. The van der Waals surface area contributed by atoms with Crippen LogP contribution in [0.2, 0.25) is 0 Å². The lowest BCUT2D eigenvalue weighted by Gasteiger charge is -2.35. The molecule has 1 heterocycles. The fourth-order valence-electron chi connectivity index (χ4n) is 2.76. The molecule has 0 amide bonds. The Labute approximate surface area is 114 Å². The fourth-order valence-corrected chi connectivity index (χ4v) is 2.76. The number of benzene rings is 1. The van der Waals surface area contributed by atoms with Gasteiger partial charge in [-0.1, -0.05) is 6.07 Å². The van der Waals surface area contributed by atoms with E-state index in [1.807, 2.05) is 18.2 Å². The lowest BCUT2D eigenvalue weighted by atomic mass is 9.96. The molecule has 0 saturated carbocycles. The van der Waals surface area contributed by atoms with Crippen LogP contribution in [-0.4, -0.2) is 37.0 Å². The number of hydrogen-bond donors (Lipinski definition) is 2. The second kappa shape index (κ2) is 6.26. The summed E-state index contributed by atoms with van der Waals surface area (Å²) in [5.74, 6) is 1.15. The smallest absolute Gasteiger partial charge is 0.126 e. The molecule has 1 aliphatic rings. The SMILES string of the molecule is COc1cccc(N2CCC(CO)CC2)c1C(C)O. The van der Waals surface area contributed by atoms with Gasteiger partial charge in [-0.25, -0.2) is 0 Å². The molecule has 2 rings (SSSR count). The molecule has 0 radical (unpaired) electrons. The van der Waals surface area contributed by atoms with Gasteiger partial charge in [-0.15, -0.1) is 0 Å². The summed E-state index contributed by atoms with van der Waals surface area (Å²) in [4.78, 5) is 2.27. The monoisotopic (exact) mass is 265 g/mol. The topological polar surface area (TPSA) is 52.9 Å². The third-order valence-electron chi connectivity index (χ3n) is 3.89. The van der Waals surface area contributed by atoms with Gasteiger partial charge in [0.15, 0.2) is 0 Å². The van der Waals surface area contributed by atoms with E-state index in [0.717, 1.165) is 42.9 Å². The average molecular weight is 265 g/mol. The van der Waals surface area contributed by atoms with Crippen LogP contribution in [-0.2, 0) is 0 Å². The Bertz CT molecular complexity index is 412. The molecule has 19 heavy (non-hydrogen) atoms. The fraction of sp³-hybridized carbons (Fsp3) is 0.600. The van der Waals surface area contributed by atoms with E-state index in [2.05, 4.69) is 4.90 Å². The molecule has 4 heteroatoms. The maximum Gasteiger partial charge on any atom is 0.126 e. The van der Waals surface area contributed by atoms with Crippen molar-refractivity contribution in [1.29, 1.82) is 0 Å². The molecule has 1 aliphatic heterocycles. The number of nitrogens with zero attached hydrogens (tertiary/aromatic N) is 1. The van der Waals surface area contributed by atoms with Gasteiger partial charge in [-0.05, 0) is 37.8 Å². The molecule has 106 valence electrons. The number of hydrogen-bond acceptors (Lipinski definition) is 4. The summed E-state index contributed by atoms with van der Waals surface area (Å²) in [6.45, 7) is 3.87. The van der Waals surface area contributed by atoms with E-state index in [-0.39, 0.29) is 6.61 Å². The molecule has 0 bridgehead atoms. The Morgan fingerprint density at radius 3 is 2.58 bits per heavy atom. The normalized spacial score (nSPS) is 18.4. The molecule has 1 saturated heterocycles. The van der Waals surface area contributed by atoms with Gasteiger partial charge in [-0.2, -0.15) is 0 Å². The third kappa shape index (κ3) is 3.01. The van der Waals surface area contributed by atoms with Crippen LogP contribution in [0.5, 0.6) is 5.75 Å². The second-order valence-corrected chi connectivity index (χ2v) is 5.18. The van der Waals surface area contributed by atoms with Crippen LogP contribution in [0.25, 0.3) is 0 Å². The van der Waals surface area contributed by atoms with Crippen LogP contribution in [0.15, 0.2) is 18.2 Å². The van der Waals surface area contributed by atoms with Gasteiger partial charge in [-0.3, -0.25) is 0 Å². The van der Waals surface area contributed by atoms with Crippen molar-refractivity contribution in [2.45, 2.75) is 25.9 Å². The summed E-state index contributed by atoms with van der Waals surface area (Å²) in [6.07, 6.45) is 1.43. The summed E-state index contributed by atoms with van der Waals surface area (Å²) in [5.41, 5.74) is 1.90. The van der Waals surface area contributed by atoms with Crippen molar-refractivity contribution in [3.8, 4) is 5.75 Å². The zero-order valence-corrected chi connectivity index (χ0v) is 11.7. The Kier molecular flexibility index (Phi) is 4.66. The van der Waals surface area contributed by atoms with E-state index >= 15 is 0 Å². The molecule has 1 unspecified atom stereocenters. The van der Waals surface area contributed by atoms with Crippen LogP contribution in [0, 0.1) is 5.92 Å². The van der Waals surface area contributed by atoms with E-state index in [4.69, 9.17) is 4.74 Å². The van der Waals surface area contributed by atoms with Crippen molar-refractivity contribution in [2.24, 2.45) is 5.92 Å². The maximum absolute atomic E-state index is 10.00. The molecule has 0 aromatic heterocycles. The molecule has 2 N–H and O–H groups in total. The lowest BCUT2D eigenvalue weighted by Crippen LogP contribution is -2.35. The number of piperidine rings is 1. The van der Waals surface area contributed by atoms with Crippen molar-refractivity contribution in [2.75, 3.05) is 31.7 Å². The van der Waals surface area contributed by atoms with Crippen molar-refractivity contribution in [3.05, 3.63) is 23.8 Å². The van der Waals surface area contributed by atoms with Crippen molar-refractivity contribution >= 4 is 5.69 Å². The highest BCUT2D eigenvalue weighted by molar-refractivity contribution is 5.60. The molecular formula is C15H23NO3. The minimum absolute atomic E-state index is 0.273. The molecule has 1 aromatic rings. The van der Waals surface area contributed by atoms with E-state index in [1.165, 1.54) is 0 Å². The van der Waals surface area contributed by atoms with Crippen LogP contribution in [0.4, 0.5) is 5.69 Å². The molecule has 1 atom stereocenters. The predicted molar refractivity (Wildman–Crippen MR) is 75.7 cm³/mol. The highest BCUT2D eigenvalue weighted by atomic mass is 16.5. The second-order valence-electron chi connectivity index (χ2n) is 5.18. The zero-order chi connectivity index (χ0) is 13.8. The standard InChI is InChI=1S/C15H23NO3/c1-11(18)15-13(4-3-5-14(15)19-2)16-8-6-12(10-17)7-9-16/h3-5,11-12,17-18H,6-10H2,1-2H3. The molecule has 1 aromatic carbocycles. The molecule has 0 aliphatic carbocycles. The predicted octanol–water partition coefficient (Wildman–Crippen LogP) is 1.96. The first-order valence-electron chi connectivity index (χ1n) is 6.88. The number of ether oxygens (including phenoxy) is 1. The minimum atomic E-state index is -0.554. The van der Waals surface area contributed by atoms with Crippen molar-refractivity contribution < 1.29 is 14.9 Å². The van der Waals surface area contributed by atoms with Gasteiger partial charge in [0.05, 0.1) is 13.2 Å². The van der Waals surface area contributed by atoms with Gasteiger partial charge >= 0.3 is 0 Å². The Hall–Kier alpha value is -1.26. The van der Waals surface area contributed by atoms with Gasteiger partial charge < -0.3 is 19.8 Å². The first kappa shape index (κ1) is 14.2. The van der Waals surface area contributed by atoms with Gasteiger partial charge in [0.25, 0.3) is 0 Å². The van der Waals surface area contributed by atoms with Crippen LogP contribution in [0.1, 0.15) is 31.4 Å². The number of anilines is 1. The zero-order valence-electron chi connectivity index (χ0n) is 11.7. The molecule has 1 fully saturated rings. The van der Waals surface area contributed by atoms with Crippen LogP contribution >= 0.6 is 0 Å². The van der Waals surface area contributed by atoms with E-state index in [0.29, 0.717) is 5.92 Å².